The van der Waals surface area contributed by atoms with E-state index in [0.717, 1.165) is 12.1 Å². The lowest BCUT2D eigenvalue weighted by Gasteiger charge is -2.14. The predicted octanol–water partition coefficient (Wildman–Crippen LogP) is 5.72. The number of rotatable bonds is 4. The first-order chi connectivity index (χ1) is 11.2. The molecule has 0 atom stereocenters. The molecule has 0 bridgehead atoms. The Bertz CT molecular complexity index is 766. The van der Waals surface area contributed by atoms with E-state index in [2.05, 4.69) is 10.6 Å². The molecule has 0 aliphatic heterocycles. The molecule has 0 aliphatic rings. The molecule has 2 aromatic rings. The smallest absolute Gasteiger partial charge is 0.376 e. The number of amides is 1. The Morgan fingerprint density at radius 3 is 2.33 bits per heavy atom. The van der Waals surface area contributed by atoms with E-state index in [0.29, 0.717) is 15.7 Å². The zero-order valence-corrected chi connectivity index (χ0v) is 14.1. The first-order valence-corrected chi connectivity index (χ1v) is 7.66. The quantitative estimate of drug-likeness (QED) is 0.693. The maximum Gasteiger partial charge on any atom is 0.418 e. The van der Waals surface area contributed by atoms with Gasteiger partial charge in [-0.1, -0.05) is 34.8 Å². The Morgan fingerprint density at radius 1 is 1.00 bits per heavy atom. The van der Waals surface area contributed by atoms with Crippen LogP contribution in [0.15, 0.2) is 36.4 Å². The van der Waals surface area contributed by atoms with Crippen LogP contribution in [-0.2, 0) is 11.0 Å². The number of alkyl halides is 3. The molecule has 1 amide bonds. The second-order valence-corrected chi connectivity index (χ2v) is 5.97. The van der Waals surface area contributed by atoms with E-state index < -0.39 is 17.6 Å². The monoisotopic (exact) mass is 396 g/mol. The van der Waals surface area contributed by atoms with Crippen molar-refractivity contribution in [3.05, 3.63) is 57.0 Å². The van der Waals surface area contributed by atoms with Crippen molar-refractivity contribution in [3.8, 4) is 0 Å². The van der Waals surface area contributed by atoms with Gasteiger partial charge in [-0.15, -0.1) is 0 Å². The van der Waals surface area contributed by atoms with Crippen molar-refractivity contribution in [3.63, 3.8) is 0 Å². The number of anilines is 2. The summed E-state index contributed by atoms with van der Waals surface area (Å²) in [4.78, 5) is 11.9. The van der Waals surface area contributed by atoms with Crippen molar-refractivity contribution >= 4 is 52.1 Å². The standard InChI is InChI=1S/C15H10Cl3F3N2O/c16-8-1-4-13(10(5-8)15(19,20)21)23-14(24)7-22-9-2-3-11(17)12(18)6-9/h1-6,22H,7H2,(H,23,24). The number of hydrogen-bond acceptors (Lipinski definition) is 2. The topological polar surface area (TPSA) is 41.1 Å². The van der Waals surface area contributed by atoms with Crippen LogP contribution in [0.25, 0.3) is 0 Å². The van der Waals surface area contributed by atoms with E-state index in [1.165, 1.54) is 18.2 Å². The van der Waals surface area contributed by atoms with Crippen molar-refractivity contribution in [1.82, 2.24) is 0 Å². The van der Waals surface area contributed by atoms with Crippen molar-refractivity contribution in [2.75, 3.05) is 17.2 Å². The highest BCUT2D eigenvalue weighted by Crippen LogP contribution is 2.36. The van der Waals surface area contributed by atoms with Crippen LogP contribution in [0.3, 0.4) is 0 Å². The molecule has 2 rings (SSSR count). The molecule has 128 valence electrons. The van der Waals surface area contributed by atoms with Crippen LogP contribution < -0.4 is 10.6 Å². The SMILES string of the molecule is O=C(CNc1ccc(Cl)c(Cl)c1)Nc1ccc(Cl)cc1C(F)(F)F. The maximum atomic E-state index is 13.0. The van der Waals surface area contributed by atoms with Gasteiger partial charge in [-0.05, 0) is 36.4 Å². The fourth-order valence-corrected chi connectivity index (χ4v) is 2.31. The molecule has 0 heterocycles. The van der Waals surface area contributed by atoms with E-state index in [-0.39, 0.29) is 17.3 Å². The summed E-state index contributed by atoms with van der Waals surface area (Å²) in [6.07, 6.45) is -4.63. The second kappa shape index (κ2) is 7.51. The zero-order valence-electron chi connectivity index (χ0n) is 11.8. The van der Waals surface area contributed by atoms with Crippen molar-refractivity contribution in [2.24, 2.45) is 0 Å². The summed E-state index contributed by atoms with van der Waals surface area (Å²) < 4.78 is 38.9. The summed E-state index contributed by atoms with van der Waals surface area (Å²) in [5, 5.41) is 5.51. The number of carbonyl (C=O) groups excluding carboxylic acids is 1. The largest absolute Gasteiger partial charge is 0.418 e. The number of halogens is 6. The fourth-order valence-electron chi connectivity index (χ4n) is 1.84. The summed E-state index contributed by atoms with van der Waals surface area (Å²) in [6.45, 7) is -0.252. The Kier molecular flexibility index (Phi) is 5.85. The third-order valence-corrected chi connectivity index (χ3v) is 3.91. The van der Waals surface area contributed by atoms with Crippen LogP contribution in [0, 0.1) is 0 Å². The second-order valence-electron chi connectivity index (χ2n) is 4.72. The fraction of sp³-hybridized carbons (Fsp3) is 0.133. The van der Waals surface area contributed by atoms with Gasteiger partial charge in [-0.25, -0.2) is 0 Å². The Labute approximate surface area is 150 Å². The number of hydrogen-bond donors (Lipinski definition) is 2. The Hall–Kier alpha value is -1.63. The van der Waals surface area contributed by atoms with Crippen molar-refractivity contribution in [1.29, 1.82) is 0 Å². The molecule has 24 heavy (non-hydrogen) atoms. The van der Waals surface area contributed by atoms with Gasteiger partial charge in [0.25, 0.3) is 0 Å². The molecule has 0 saturated carbocycles. The molecular weight excluding hydrogens is 388 g/mol. The van der Waals surface area contributed by atoms with Gasteiger partial charge in [0.15, 0.2) is 0 Å². The van der Waals surface area contributed by atoms with Gasteiger partial charge in [0, 0.05) is 10.7 Å². The normalized spacial score (nSPS) is 11.2. The maximum absolute atomic E-state index is 13.0. The van der Waals surface area contributed by atoms with Crippen LogP contribution in [-0.4, -0.2) is 12.5 Å². The molecular formula is C15H10Cl3F3N2O. The molecule has 0 spiro atoms. The first-order valence-electron chi connectivity index (χ1n) is 6.52. The van der Waals surface area contributed by atoms with E-state index in [9.17, 15) is 18.0 Å². The van der Waals surface area contributed by atoms with Gasteiger partial charge in [0.2, 0.25) is 5.91 Å². The summed E-state index contributed by atoms with van der Waals surface area (Å²) in [5.74, 6) is -0.658. The van der Waals surface area contributed by atoms with Crippen molar-refractivity contribution in [2.45, 2.75) is 6.18 Å². The van der Waals surface area contributed by atoms with Crippen LogP contribution in [0.1, 0.15) is 5.56 Å². The molecule has 0 aliphatic carbocycles. The Balaban J connectivity index is 2.06. The summed E-state index contributed by atoms with van der Waals surface area (Å²) >= 11 is 17.2. The molecule has 0 fully saturated rings. The van der Waals surface area contributed by atoms with Crippen LogP contribution in [0.5, 0.6) is 0 Å². The van der Waals surface area contributed by atoms with Crippen LogP contribution >= 0.6 is 34.8 Å². The highest BCUT2D eigenvalue weighted by molar-refractivity contribution is 6.42. The molecule has 3 nitrogen and oxygen atoms in total. The molecule has 0 unspecified atom stereocenters. The van der Waals surface area contributed by atoms with Gasteiger partial charge < -0.3 is 10.6 Å². The number of benzene rings is 2. The van der Waals surface area contributed by atoms with Gasteiger partial charge in [0.05, 0.1) is 27.8 Å². The van der Waals surface area contributed by atoms with Crippen LogP contribution in [0.4, 0.5) is 24.5 Å². The summed E-state index contributed by atoms with van der Waals surface area (Å²) in [7, 11) is 0. The van der Waals surface area contributed by atoms with E-state index in [1.807, 2.05) is 0 Å². The van der Waals surface area contributed by atoms with Gasteiger partial charge in [-0.2, -0.15) is 13.2 Å². The molecule has 9 heteroatoms. The predicted molar refractivity (Wildman–Crippen MR) is 90.0 cm³/mol. The minimum absolute atomic E-state index is 0.0748. The van der Waals surface area contributed by atoms with E-state index in [4.69, 9.17) is 34.8 Å². The van der Waals surface area contributed by atoms with Gasteiger partial charge >= 0.3 is 6.18 Å². The van der Waals surface area contributed by atoms with Crippen LogP contribution in [0.2, 0.25) is 15.1 Å². The van der Waals surface area contributed by atoms with Gasteiger partial charge in [0.1, 0.15) is 0 Å². The molecule has 2 N–H and O–H groups in total. The molecule has 0 aromatic heterocycles. The van der Waals surface area contributed by atoms with E-state index >= 15 is 0 Å². The lowest BCUT2D eigenvalue weighted by molar-refractivity contribution is -0.137. The first kappa shape index (κ1) is 18.7. The minimum Gasteiger partial charge on any atom is -0.376 e. The third kappa shape index (κ3) is 4.93. The zero-order chi connectivity index (χ0) is 17.9. The Morgan fingerprint density at radius 2 is 1.71 bits per heavy atom. The highest BCUT2D eigenvalue weighted by atomic mass is 35.5. The number of nitrogens with one attached hydrogen (secondary N) is 2. The molecule has 0 radical (unpaired) electrons. The average molecular weight is 398 g/mol. The lowest BCUT2D eigenvalue weighted by atomic mass is 10.1. The van der Waals surface area contributed by atoms with Gasteiger partial charge in [-0.3, -0.25) is 4.79 Å². The third-order valence-electron chi connectivity index (χ3n) is 2.93. The number of carbonyl (C=O) groups is 1. The lowest BCUT2D eigenvalue weighted by Crippen LogP contribution is -2.23. The average Bonchev–Trinajstić information content (AvgIpc) is 2.49. The molecule has 2 aromatic carbocycles. The molecule has 0 saturated heterocycles. The summed E-state index contributed by atoms with van der Waals surface area (Å²) in [6, 6.07) is 7.74. The minimum atomic E-state index is -4.63. The van der Waals surface area contributed by atoms with E-state index in [1.54, 1.807) is 6.07 Å². The summed E-state index contributed by atoms with van der Waals surface area (Å²) in [5.41, 5.74) is -0.877. The van der Waals surface area contributed by atoms with Crippen molar-refractivity contribution < 1.29 is 18.0 Å². The highest BCUT2D eigenvalue weighted by Gasteiger charge is 2.34.